The highest BCUT2D eigenvalue weighted by molar-refractivity contribution is 6.30. The van der Waals surface area contributed by atoms with Crippen molar-refractivity contribution in [3.63, 3.8) is 0 Å². The molecule has 1 fully saturated rings. The summed E-state index contributed by atoms with van der Waals surface area (Å²) >= 11 is 5.90. The zero-order chi connectivity index (χ0) is 27.2. The van der Waals surface area contributed by atoms with Crippen molar-refractivity contribution in [1.29, 1.82) is 0 Å². The molecule has 2 aromatic carbocycles. The van der Waals surface area contributed by atoms with Crippen LogP contribution in [-0.2, 0) is 14.3 Å². The average molecular weight is 541 g/mol. The number of nitrogens with zero attached hydrogens (tertiary/aromatic N) is 3. The lowest BCUT2D eigenvalue weighted by atomic mass is 9.94. The standard InChI is InChI=1S/C27H26ClFN4O5/c1-2-15-38-27(37)31-16-22(25(35)30-19-8-6-18(28)7-9-19)23(17-31)26(36)33(29)21-12-10-20(11-13-21)32-14-4-3-5-24(32)34/h3-14,22-23H,2,15-17H2,1H3,(H,30,35)/t22-,23-/m0/s1. The third kappa shape index (κ3) is 6.03. The number of hydrogen-bond donors (Lipinski definition) is 1. The maximum atomic E-state index is 15.4. The summed E-state index contributed by atoms with van der Waals surface area (Å²) in [6.45, 7) is 1.73. The van der Waals surface area contributed by atoms with Gasteiger partial charge in [-0.25, -0.2) is 4.79 Å². The van der Waals surface area contributed by atoms with Crippen molar-refractivity contribution < 1.29 is 23.6 Å². The molecule has 0 aliphatic carbocycles. The van der Waals surface area contributed by atoms with Gasteiger partial charge in [-0.15, -0.1) is 5.12 Å². The van der Waals surface area contributed by atoms with Crippen LogP contribution in [0, 0.1) is 11.8 Å². The predicted octanol–water partition coefficient (Wildman–Crippen LogP) is 4.44. The van der Waals surface area contributed by atoms with Crippen LogP contribution in [-0.4, -0.2) is 47.1 Å². The van der Waals surface area contributed by atoms with Gasteiger partial charge in [0, 0.05) is 41.8 Å². The van der Waals surface area contributed by atoms with Crippen LogP contribution in [0.25, 0.3) is 5.69 Å². The van der Waals surface area contributed by atoms with Crippen molar-refractivity contribution in [2.24, 2.45) is 11.8 Å². The van der Waals surface area contributed by atoms with Crippen LogP contribution >= 0.6 is 11.6 Å². The Morgan fingerprint density at radius 3 is 2.37 bits per heavy atom. The highest BCUT2D eigenvalue weighted by atomic mass is 35.5. The van der Waals surface area contributed by atoms with E-state index in [-0.39, 0.29) is 36.1 Å². The first-order chi connectivity index (χ1) is 18.3. The normalized spacial score (nSPS) is 16.7. The number of hydrogen-bond acceptors (Lipinski definition) is 5. The maximum absolute atomic E-state index is 15.4. The van der Waals surface area contributed by atoms with Gasteiger partial charge in [0.25, 0.3) is 11.5 Å². The largest absolute Gasteiger partial charge is 0.449 e. The van der Waals surface area contributed by atoms with Crippen LogP contribution in [0.4, 0.5) is 20.7 Å². The molecule has 1 saturated heterocycles. The highest BCUT2D eigenvalue weighted by Gasteiger charge is 2.46. The van der Waals surface area contributed by atoms with Crippen LogP contribution in [0.5, 0.6) is 0 Å². The van der Waals surface area contributed by atoms with E-state index in [1.54, 1.807) is 42.6 Å². The maximum Gasteiger partial charge on any atom is 0.409 e. The van der Waals surface area contributed by atoms with Crippen molar-refractivity contribution >= 4 is 40.9 Å². The van der Waals surface area contributed by atoms with Crippen LogP contribution in [0.2, 0.25) is 5.02 Å². The van der Waals surface area contributed by atoms with E-state index >= 15 is 4.48 Å². The zero-order valence-electron chi connectivity index (χ0n) is 20.6. The molecule has 9 nitrogen and oxygen atoms in total. The minimum absolute atomic E-state index is 0.0361. The molecule has 4 rings (SSSR count). The minimum atomic E-state index is -1.15. The molecule has 198 valence electrons. The van der Waals surface area contributed by atoms with Gasteiger partial charge in [-0.05, 0) is 61.0 Å². The van der Waals surface area contributed by atoms with Crippen molar-refractivity contribution in [2.75, 3.05) is 30.1 Å². The summed E-state index contributed by atoms with van der Waals surface area (Å²) in [5, 5.41) is 3.15. The van der Waals surface area contributed by atoms with Crippen molar-refractivity contribution in [1.82, 2.24) is 9.47 Å². The summed E-state index contributed by atoms with van der Waals surface area (Å²) in [6.07, 6.45) is 1.50. The Bertz CT molecular complexity index is 1360. The SMILES string of the molecule is CCCOC(=O)N1C[C@H](C(=O)Nc2ccc(Cl)cc2)[C@@H](C(=O)N(F)c2ccc(-n3ccccc3=O)cc2)C1. The first kappa shape index (κ1) is 26.9. The molecule has 1 N–H and O–H groups in total. The Morgan fingerprint density at radius 2 is 1.71 bits per heavy atom. The smallest absolute Gasteiger partial charge is 0.409 e. The number of ether oxygens (including phenoxy) is 1. The third-order valence-electron chi connectivity index (χ3n) is 6.14. The van der Waals surface area contributed by atoms with Gasteiger partial charge in [-0.1, -0.05) is 29.1 Å². The number of rotatable bonds is 7. The van der Waals surface area contributed by atoms with Gasteiger partial charge in [-0.2, -0.15) is 0 Å². The second kappa shape index (κ2) is 11.9. The highest BCUT2D eigenvalue weighted by Crippen LogP contribution is 2.30. The summed E-state index contributed by atoms with van der Waals surface area (Å²) in [5.41, 5.74) is 0.600. The summed E-state index contributed by atoms with van der Waals surface area (Å²) in [4.78, 5) is 52.2. The van der Waals surface area contributed by atoms with Gasteiger partial charge in [0.1, 0.15) is 0 Å². The first-order valence-electron chi connectivity index (χ1n) is 12.0. The lowest BCUT2D eigenvalue weighted by Gasteiger charge is -2.21. The number of anilines is 2. The Morgan fingerprint density at radius 1 is 1.03 bits per heavy atom. The van der Waals surface area contributed by atoms with Gasteiger partial charge in [-0.3, -0.25) is 19.0 Å². The Balaban J connectivity index is 1.54. The second-order valence-corrected chi connectivity index (χ2v) is 9.21. The van der Waals surface area contributed by atoms with E-state index in [1.807, 2.05) is 6.92 Å². The average Bonchev–Trinajstić information content (AvgIpc) is 3.38. The van der Waals surface area contributed by atoms with Gasteiger partial charge in [0.05, 0.1) is 24.1 Å². The number of carbonyl (C=O) groups is 3. The molecule has 38 heavy (non-hydrogen) atoms. The molecule has 0 radical (unpaired) electrons. The lowest BCUT2D eigenvalue weighted by Crippen LogP contribution is -2.38. The molecule has 3 aromatic rings. The monoisotopic (exact) mass is 540 g/mol. The molecule has 11 heteroatoms. The molecule has 3 amide bonds. The Kier molecular flexibility index (Phi) is 8.42. The fourth-order valence-corrected chi connectivity index (χ4v) is 4.30. The fourth-order valence-electron chi connectivity index (χ4n) is 4.18. The number of aromatic nitrogens is 1. The van der Waals surface area contributed by atoms with Crippen LogP contribution in [0.1, 0.15) is 13.3 Å². The van der Waals surface area contributed by atoms with Crippen LogP contribution in [0.3, 0.4) is 0 Å². The van der Waals surface area contributed by atoms with Crippen LogP contribution in [0.15, 0.2) is 77.7 Å². The second-order valence-electron chi connectivity index (χ2n) is 8.77. The quantitative estimate of drug-likeness (QED) is 0.446. The van der Waals surface area contributed by atoms with E-state index in [0.29, 0.717) is 22.8 Å². The molecule has 0 saturated carbocycles. The molecule has 2 heterocycles. The number of benzene rings is 2. The molecular formula is C27H26ClFN4O5. The van der Waals surface area contributed by atoms with Crippen LogP contribution < -0.4 is 16.0 Å². The molecule has 1 aliphatic heterocycles. The third-order valence-corrected chi connectivity index (χ3v) is 6.40. The number of nitrogens with one attached hydrogen (secondary N) is 1. The Labute approximate surface area is 223 Å². The zero-order valence-corrected chi connectivity index (χ0v) is 21.3. The Hall–Kier alpha value is -4.18. The van der Waals surface area contributed by atoms with E-state index < -0.39 is 29.7 Å². The molecule has 2 atom stereocenters. The van der Waals surface area contributed by atoms with Gasteiger partial charge in [0.15, 0.2) is 0 Å². The van der Waals surface area contributed by atoms with Crippen molar-refractivity contribution in [2.45, 2.75) is 13.3 Å². The van der Waals surface area contributed by atoms with E-state index in [2.05, 4.69) is 5.32 Å². The summed E-state index contributed by atoms with van der Waals surface area (Å²) in [6, 6.07) is 16.8. The van der Waals surface area contributed by atoms with E-state index in [9.17, 15) is 19.2 Å². The summed E-state index contributed by atoms with van der Waals surface area (Å²) in [5.74, 6) is -3.69. The number of amides is 3. The molecular weight excluding hydrogens is 515 g/mol. The molecule has 0 unspecified atom stereocenters. The number of likely N-dealkylation sites (tertiary alicyclic amines) is 1. The predicted molar refractivity (Wildman–Crippen MR) is 141 cm³/mol. The summed E-state index contributed by atoms with van der Waals surface area (Å²) < 4.78 is 21.9. The van der Waals surface area contributed by atoms with Gasteiger partial charge >= 0.3 is 6.09 Å². The van der Waals surface area contributed by atoms with Crippen molar-refractivity contribution in [3.05, 3.63) is 88.3 Å². The number of halogens is 2. The molecule has 1 aliphatic rings. The number of pyridine rings is 1. The minimum Gasteiger partial charge on any atom is -0.449 e. The first-order valence-corrected chi connectivity index (χ1v) is 12.4. The van der Waals surface area contributed by atoms with E-state index in [1.165, 1.54) is 39.8 Å². The topological polar surface area (TPSA) is 101 Å². The molecule has 0 bridgehead atoms. The molecule has 0 spiro atoms. The van der Waals surface area contributed by atoms with E-state index in [0.717, 1.165) is 0 Å². The van der Waals surface area contributed by atoms with Crippen molar-refractivity contribution in [3.8, 4) is 5.69 Å². The number of carbonyl (C=O) groups excluding carboxylic acids is 3. The summed E-state index contributed by atoms with van der Waals surface area (Å²) in [7, 11) is 0. The van der Waals surface area contributed by atoms with Gasteiger partial charge in [0.2, 0.25) is 5.91 Å². The lowest BCUT2D eigenvalue weighted by molar-refractivity contribution is -0.130. The molecule has 1 aromatic heterocycles. The fraction of sp³-hybridized carbons (Fsp3) is 0.259. The van der Waals surface area contributed by atoms with Gasteiger partial charge < -0.3 is 15.0 Å². The van der Waals surface area contributed by atoms with E-state index in [4.69, 9.17) is 16.3 Å².